The van der Waals surface area contributed by atoms with E-state index in [0.717, 1.165) is 47.9 Å². The van der Waals surface area contributed by atoms with Gasteiger partial charge < -0.3 is 14.2 Å². The minimum Gasteiger partial charge on any atom is -0.454 e. The van der Waals surface area contributed by atoms with Crippen molar-refractivity contribution in [1.82, 2.24) is 19.7 Å². The van der Waals surface area contributed by atoms with Crippen molar-refractivity contribution in [3.63, 3.8) is 0 Å². The second kappa shape index (κ2) is 7.39. The normalized spacial score (nSPS) is 18.9. The summed E-state index contributed by atoms with van der Waals surface area (Å²) in [5, 5.41) is 10.9. The number of thiophene rings is 1. The second-order valence-electron chi connectivity index (χ2n) is 7.48. The summed E-state index contributed by atoms with van der Waals surface area (Å²) in [7, 11) is 0. The van der Waals surface area contributed by atoms with Gasteiger partial charge in [-0.1, -0.05) is 17.3 Å². The number of fused-ring (bicyclic) bond motifs is 2. The van der Waals surface area contributed by atoms with Crippen molar-refractivity contribution in [3.8, 4) is 21.9 Å². The molecule has 1 atom stereocenters. The standard InChI is InChI=1S/C22H20N4O3S/c1-2-21(30-9-1)16-4-5-17-22(23-24-26(17)12-16)20-13-25(7-8-27-20)11-15-3-6-18-19(10-15)29-14-28-18/h1-6,9-10,12,20H,7-8,11,13-14H2. The summed E-state index contributed by atoms with van der Waals surface area (Å²) in [5.41, 5.74) is 4.23. The third-order valence-electron chi connectivity index (χ3n) is 5.54. The van der Waals surface area contributed by atoms with Crippen LogP contribution < -0.4 is 9.47 Å². The number of rotatable bonds is 4. The van der Waals surface area contributed by atoms with E-state index in [2.05, 4.69) is 57.0 Å². The van der Waals surface area contributed by atoms with E-state index in [1.54, 1.807) is 11.3 Å². The molecule has 0 radical (unpaired) electrons. The van der Waals surface area contributed by atoms with Crippen LogP contribution in [0, 0.1) is 0 Å². The summed E-state index contributed by atoms with van der Waals surface area (Å²) >= 11 is 1.72. The molecule has 0 N–H and O–H groups in total. The maximum atomic E-state index is 6.07. The topological polar surface area (TPSA) is 61.1 Å². The molecule has 0 amide bonds. The van der Waals surface area contributed by atoms with Crippen LogP contribution in [0.3, 0.4) is 0 Å². The quantitative estimate of drug-likeness (QED) is 0.501. The first-order valence-corrected chi connectivity index (χ1v) is 10.8. The first kappa shape index (κ1) is 17.9. The molecule has 0 aliphatic carbocycles. The summed E-state index contributed by atoms with van der Waals surface area (Å²) < 4.78 is 18.8. The number of aromatic nitrogens is 3. The van der Waals surface area contributed by atoms with Crippen molar-refractivity contribution < 1.29 is 14.2 Å². The number of benzene rings is 1. The molecule has 30 heavy (non-hydrogen) atoms. The Labute approximate surface area is 177 Å². The molecular weight excluding hydrogens is 400 g/mol. The lowest BCUT2D eigenvalue weighted by Crippen LogP contribution is -2.38. The van der Waals surface area contributed by atoms with Gasteiger partial charge in [0.2, 0.25) is 6.79 Å². The Kier molecular flexibility index (Phi) is 4.40. The number of pyridine rings is 1. The largest absolute Gasteiger partial charge is 0.454 e. The number of nitrogens with zero attached hydrogens (tertiary/aromatic N) is 4. The fourth-order valence-corrected chi connectivity index (χ4v) is 4.76. The molecule has 152 valence electrons. The van der Waals surface area contributed by atoms with E-state index in [-0.39, 0.29) is 6.10 Å². The third kappa shape index (κ3) is 3.23. The first-order chi connectivity index (χ1) is 14.8. The molecule has 5 heterocycles. The van der Waals surface area contributed by atoms with Gasteiger partial charge in [0, 0.05) is 36.3 Å². The van der Waals surface area contributed by atoms with Gasteiger partial charge in [0.05, 0.1) is 12.1 Å². The van der Waals surface area contributed by atoms with E-state index in [1.807, 2.05) is 16.8 Å². The Morgan fingerprint density at radius 3 is 3.00 bits per heavy atom. The van der Waals surface area contributed by atoms with Crippen molar-refractivity contribution in [2.24, 2.45) is 0 Å². The maximum Gasteiger partial charge on any atom is 0.231 e. The van der Waals surface area contributed by atoms with Crippen LogP contribution in [0.15, 0.2) is 54.0 Å². The number of ether oxygens (including phenoxy) is 3. The monoisotopic (exact) mass is 420 g/mol. The molecule has 8 heteroatoms. The lowest BCUT2D eigenvalue weighted by Gasteiger charge is -2.32. The molecule has 4 aromatic rings. The van der Waals surface area contributed by atoms with Crippen LogP contribution in [0.5, 0.6) is 11.5 Å². The van der Waals surface area contributed by atoms with Crippen LogP contribution in [0.25, 0.3) is 16.0 Å². The zero-order valence-corrected chi connectivity index (χ0v) is 17.0. The van der Waals surface area contributed by atoms with E-state index in [4.69, 9.17) is 14.2 Å². The fourth-order valence-electron chi connectivity index (χ4n) is 4.04. The lowest BCUT2D eigenvalue weighted by molar-refractivity contribution is -0.0343. The molecule has 1 fully saturated rings. The van der Waals surface area contributed by atoms with Crippen molar-refractivity contribution in [1.29, 1.82) is 0 Å². The summed E-state index contributed by atoms with van der Waals surface area (Å²) in [6, 6.07) is 14.5. The van der Waals surface area contributed by atoms with Gasteiger partial charge in [0.25, 0.3) is 0 Å². The molecule has 1 unspecified atom stereocenters. The highest BCUT2D eigenvalue weighted by molar-refractivity contribution is 7.13. The molecular formula is C22H20N4O3S. The molecule has 2 aliphatic heterocycles. The van der Waals surface area contributed by atoms with E-state index < -0.39 is 0 Å². The van der Waals surface area contributed by atoms with Gasteiger partial charge in [-0.25, -0.2) is 4.52 Å². The Hall–Kier alpha value is -2.94. The molecule has 6 rings (SSSR count). The Bertz CT molecular complexity index is 1190. The first-order valence-electron chi connectivity index (χ1n) is 9.95. The van der Waals surface area contributed by atoms with E-state index >= 15 is 0 Å². The molecule has 1 aromatic carbocycles. The van der Waals surface area contributed by atoms with Crippen LogP contribution in [0.4, 0.5) is 0 Å². The minimum atomic E-state index is -0.0992. The number of hydrogen-bond donors (Lipinski definition) is 0. The minimum absolute atomic E-state index is 0.0992. The molecule has 0 saturated carbocycles. The smallest absolute Gasteiger partial charge is 0.231 e. The molecule has 7 nitrogen and oxygen atoms in total. The maximum absolute atomic E-state index is 6.07. The lowest BCUT2D eigenvalue weighted by atomic mass is 10.1. The molecule has 1 saturated heterocycles. The van der Waals surface area contributed by atoms with Crippen LogP contribution in [0.1, 0.15) is 17.4 Å². The summed E-state index contributed by atoms with van der Waals surface area (Å²) in [4.78, 5) is 3.61. The fraction of sp³-hybridized carbons (Fsp3) is 0.273. The van der Waals surface area contributed by atoms with Crippen molar-refractivity contribution in [2.45, 2.75) is 12.6 Å². The summed E-state index contributed by atoms with van der Waals surface area (Å²) in [6.07, 6.45) is 1.93. The summed E-state index contributed by atoms with van der Waals surface area (Å²) in [5.74, 6) is 1.64. The van der Waals surface area contributed by atoms with Crippen molar-refractivity contribution >= 4 is 16.9 Å². The number of morpholine rings is 1. The molecule has 3 aromatic heterocycles. The van der Waals surface area contributed by atoms with Gasteiger partial charge in [-0.2, -0.15) is 0 Å². The molecule has 2 aliphatic rings. The van der Waals surface area contributed by atoms with Crippen molar-refractivity contribution in [3.05, 3.63) is 65.3 Å². The van der Waals surface area contributed by atoms with Crippen LogP contribution >= 0.6 is 11.3 Å². The third-order valence-corrected chi connectivity index (χ3v) is 6.46. The van der Waals surface area contributed by atoms with E-state index in [1.165, 1.54) is 10.4 Å². The highest BCUT2D eigenvalue weighted by Gasteiger charge is 2.26. The highest BCUT2D eigenvalue weighted by Crippen LogP contribution is 2.33. The number of hydrogen-bond acceptors (Lipinski definition) is 7. The Morgan fingerprint density at radius 1 is 1.10 bits per heavy atom. The SMILES string of the molecule is c1csc(-c2ccc3c(C4CN(Cc5ccc6c(c5)OCO6)CCO4)nnn3c2)c1. The van der Waals surface area contributed by atoms with Gasteiger partial charge in [-0.3, -0.25) is 4.90 Å². The Morgan fingerprint density at radius 2 is 2.07 bits per heavy atom. The van der Waals surface area contributed by atoms with Gasteiger partial charge in [0.1, 0.15) is 11.8 Å². The average Bonchev–Trinajstić information content (AvgIpc) is 3.53. The van der Waals surface area contributed by atoms with Crippen LogP contribution in [0.2, 0.25) is 0 Å². The summed E-state index contributed by atoms with van der Waals surface area (Å²) in [6.45, 7) is 3.45. The van der Waals surface area contributed by atoms with E-state index in [9.17, 15) is 0 Å². The average molecular weight is 420 g/mol. The van der Waals surface area contributed by atoms with Gasteiger partial charge in [-0.15, -0.1) is 16.4 Å². The predicted octanol–water partition coefficient (Wildman–Crippen LogP) is 3.76. The zero-order valence-electron chi connectivity index (χ0n) is 16.2. The van der Waals surface area contributed by atoms with Gasteiger partial charge >= 0.3 is 0 Å². The van der Waals surface area contributed by atoms with Gasteiger partial charge in [0.15, 0.2) is 11.5 Å². The zero-order chi connectivity index (χ0) is 19.9. The van der Waals surface area contributed by atoms with Crippen LogP contribution in [-0.2, 0) is 11.3 Å². The second-order valence-corrected chi connectivity index (χ2v) is 8.43. The molecule has 0 spiro atoms. The van der Waals surface area contributed by atoms with Gasteiger partial charge in [-0.05, 0) is 41.3 Å². The highest BCUT2D eigenvalue weighted by atomic mass is 32.1. The van der Waals surface area contributed by atoms with E-state index in [0.29, 0.717) is 13.4 Å². The van der Waals surface area contributed by atoms with Crippen LogP contribution in [-0.4, -0.2) is 46.2 Å². The predicted molar refractivity (Wildman–Crippen MR) is 113 cm³/mol. The van der Waals surface area contributed by atoms with Crippen molar-refractivity contribution in [2.75, 3.05) is 26.5 Å². The Balaban J connectivity index is 1.21. The molecule has 0 bridgehead atoms.